The molecule has 0 aromatic heterocycles. The van der Waals surface area contributed by atoms with Crippen molar-refractivity contribution in [1.82, 2.24) is 0 Å². The van der Waals surface area contributed by atoms with Gasteiger partial charge in [0.1, 0.15) is 0 Å². The van der Waals surface area contributed by atoms with Gasteiger partial charge in [-0.3, -0.25) is 9.59 Å². The van der Waals surface area contributed by atoms with Crippen LogP contribution in [0.2, 0.25) is 0 Å². The third-order valence-corrected chi connectivity index (χ3v) is 3.78. The molecule has 108 valence electrons. The second-order valence-corrected chi connectivity index (χ2v) is 5.50. The molecule has 2 amide bonds. The van der Waals surface area contributed by atoms with Gasteiger partial charge in [-0.25, -0.2) is 0 Å². The van der Waals surface area contributed by atoms with E-state index >= 15 is 0 Å². The van der Waals surface area contributed by atoms with Gasteiger partial charge in [0.2, 0.25) is 11.8 Å². The molecule has 3 N–H and O–H groups in total. The van der Waals surface area contributed by atoms with Crippen LogP contribution in [0.15, 0.2) is 59.5 Å². The summed E-state index contributed by atoms with van der Waals surface area (Å²) in [6, 6.07) is 16.9. The zero-order valence-corrected chi connectivity index (χ0v) is 12.2. The third-order valence-electron chi connectivity index (χ3n) is 2.77. The van der Waals surface area contributed by atoms with Crippen molar-refractivity contribution in [3.8, 4) is 0 Å². The molecule has 0 aliphatic carbocycles. The Morgan fingerprint density at radius 2 is 1.67 bits per heavy atom. The van der Waals surface area contributed by atoms with E-state index in [2.05, 4.69) is 5.32 Å². The van der Waals surface area contributed by atoms with Crippen LogP contribution in [0.25, 0.3) is 0 Å². The third kappa shape index (κ3) is 4.96. The predicted octanol–water partition coefficient (Wildman–Crippen LogP) is 2.45. The number of nitrogens with one attached hydrogen (secondary N) is 1. The van der Waals surface area contributed by atoms with Crippen molar-refractivity contribution >= 4 is 29.3 Å². The number of carbonyl (C=O) groups is 2. The summed E-state index contributed by atoms with van der Waals surface area (Å²) >= 11 is 1.46. The molecule has 0 saturated heterocycles. The van der Waals surface area contributed by atoms with E-state index in [0.29, 0.717) is 11.4 Å². The minimum Gasteiger partial charge on any atom is -0.369 e. The fourth-order valence-electron chi connectivity index (χ4n) is 1.84. The highest BCUT2D eigenvalue weighted by molar-refractivity contribution is 8.00. The number of rotatable bonds is 6. The van der Waals surface area contributed by atoms with E-state index in [9.17, 15) is 9.59 Å². The molecule has 0 radical (unpaired) electrons. The Bertz CT molecular complexity index is 629. The number of primary amides is 1. The van der Waals surface area contributed by atoms with Crippen LogP contribution in [0, 0.1) is 0 Å². The SMILES string of the molecule is NC(=O)Cc1ccccc1NC(=O)CSc1ccccc1. The van der Waals surface area contributed by atoms with Gasteiger partial charge in [-0.05, 0) is 23.8 Å². The molecule has 0 spiro atoms. The van der Waals surface area contributed by atoms with E-state index in [1.54, 1.807) is 12.1 Å². The molecule has 0 saturated carbocycles. The van der Waals surface area contributed by atoms with Crippen LogP contribution in [-0.2, 0) is 16.0 Å². The molecule has 5 heteroatoms. The van der Waals surface area contributed by atoms with E-state index in [1.807, 2.05) is 42.5 Å². The number of para-hydroxylation sites is 1. The zero-order chi connectivity index (χ0) is 15.1. The van der Waals surface area contributed by atoms with E-state index < -0.39 is 5.91 Å². The molecular weight excluding hydrogens is 284 g/mol. The maximum absolute atomic E-state index is 12.0. The number of benzene rings is 2. The van der Waals surface area contributed by atoms with Crippen LogP contribution >= 0.6 is 11.8 Å². The van der Waals surface area contributed by atoms with E-state index in [4.69, 9.17) is 5.73 Å². The minimum atomic E-state index is -0.421. The summed E-state index contributed by atoms with van der Waals surface area (Å²) in [6.45, 7) is 0. The second kappa shape index (κ2) is 7.50. The highest BCUT2D eigenvalue weighted by Gasteiger charge is 2.08. The number of carbonyl (C=O) groups excluding carboxylic acids is 2. The average Bonchev–Trinajstić information content (AvgIpc) is 2.48. The maximum atomic E-state index is 12.0. The Morgan fingerprint density at radius 1 is 1.00 bits per heavy atom. The lowest BCUT2D eigenvalue weighted by Crippen LogP contribution is -2.18. The Kier molecular flexibility index (Phi) is 5.40. The smallest absolute Gasteiger partial charge is 0.234 e. The van der Waals surface area contributed by atoms with Gasteiger partial charge in [0.05, 0.1) is 12.2 Å². The lowest BCUT2D eigenvalue weighted by atomic mass is 10.1. The van der Waals surface area contributed by atoms with E-state index in [-0.39, 0.29) is 12.3 Å². The monoisotopic (exact) mass is 300 g/mol. The van der Waals surface area contributed by atoms with Crippen LogP contribution in [0.4, 0.5) is 5.69 Å². The summed E-state index contributed by atoms with van der Waals surface area (Å²) in [4.78, 5) is 24.0. The molecule has 0 atom stereocenters. The summed E-state index contributed by atoms with van der Waals surface area (Å²) in [5.74, 6) is -0.217. The normalized spacial score (nSPS) is 10.1. The second-order valence-electron chi connectivity index (χ2n) is 4.45. The number of nitrogens with two attached hydrogens (primary N) is 1. The highest BCUT2D eigenvalue weighted by Crippen LogP contribution is 2.19. The van der Waals surface area contributed by atoms with Crippen LogP contribution in [0.1, 0.15) is 5.56 Å². The van der Waals surface area contributed by atoms with Gasteiger partial charge in [0, 0.05) is 10.6 Å². The number of amides is 2. The molecule has 0 heterocycles. The van der Waals surface area contributed by atoms with Crippen LogP contribution in [-0.4, -0.2) is 17.6 Å². The molecule has 21 heavy (non-hydrogen) atoms. The van der Waals surface area contributed by atoms with Crippen LogP contribution in [0.3, 0.4) is 0 Å². The van der Waals surface area contributed by atoms with Gasteiger partial charge in [0.25, 0.3) is 0 Å². The molecule has 2 rings (SSSR count). The molecule has 0 bridgehead atoms. The summed E-state index contributed by atoms with van der Waals surface area (Å²) in [5, 5.41) is 2.82. The molecule has 2 aromatic carbocycles. The summed E-state index contributed by atoms with van der Waals surface area (Å²) < 4.78 is 0. The standard InChI is InChI=1S/C16H16N2O2S/c17-15(19)10-12-6-4-5-9-14(12)18-16(20)11-21-13-7-2-1-3-8-13/h1-9H,10-11H2,(H2,17,19)(H,18,20). The van der Waals surface area contributed by atoms with Crippen molar-refractivity contribution in [3.63, 3.8) is 0 Å². The number of anilines is 1. The van der Waals surface area contributed by atoms with Crippen molar-refractivity contribution in [1.29, 1.82) is 0 Å². The quantitative estimate of drug-likeness (QED) is 0.805. The minimum absolute atomic E-state index is 0.110. The molecule has 4 nitrogen and oxygen atoms in total. The topological polar surface area (TPSA) is 72.2 Å². The summed E-state index contributed by atoms with van der Waals surface area (Å²) in [7, 11) is 0. The van der Waals surface area contributed by atoms with Gasteiger partial charge in [-0.2, -0.15) is 0 Å². The van der Waals surface area contributed by atoms with Gasteiger partial charge < -0.3 is 11.1 Å². The molecule has 0 unspecified atom stereocenters. The van der Waals surface area contributed by atoms with Crippen LogP contribution in [0.5, 0.6) is 0 Å². The highest BCUT2D eigenvalue weighted by atomic mass is 32.2. The molecule has 0 aliphatic heterocycles. The van der Waals surface area contributed by atoms with Crippen molar-refractivity contribution in [2.75, 3.05) is 11.1 Å². The molecular formula is C16H16N2O2S. The van der Waals surface area contributed by atoms with Gasteiger partial charge in [0.15, 0.2) is 0 Å². The Labute approximate surface area is 127 Å². The number of hydrogen-bond acceptors (Lipinski definition) is 3. The first-order valence-electron chi connectivity index (χ1n) is 6.49. The van der Waals surface area contributed by atoms with Crippen molar-refractivity contribution in [2.24, 2.45) is 5.73 Å². The lowest BCUT2D eigenvalue weighted by molar-refractivity contribution is -0.117. The Morgan fingerprint density at radius 3 is 2.38 bits per heavy atom. The van der Waals surface area contributed by atoms with Crippen molar-refractivity contribution in [2.45, 2.75) is 11.3 Å². The Balaban J connectivity index is 1.95. The maximum Gasteiger partial charge on any atom is 0.234 e. The molecule has 0 fully saturated rings. The average molecular weight is 300 g/mol. The fourth-order valence-corrected chi connectivity index (χ4v) is 2.56. The van der Waals surface area contributed by atoms with Crippen molar-refractivity contribution < 1.29 is 9.59 Å². The first-order chi connectivity index (χ1) is 10.1. The predicted molar refractivity (Wildman–Crippen MR) is 85.1 cm³/mol. The lowest BCUT2D eigenvalue weighted by Gasteiger charge is -2.09. The van der Waals surface area contributed by atoms with Crippen LogP contribution < -0.4 is 11.1 Å². The zero-order valence-electron chi connectivity index (χ0n) is 11.4. The van der Waals surface area contributed by atoms with Gasteiger partial charge >= 0.3 is 0 Å². The first kappa shape index (κ1) is 15.1. The van der Waals surface area contributed by atoms with E-state index in [1.165, 1.54) is 11.8 Å². The molecule has 0 aliphatic rings. The Hall–Kier alpha value is -2.27. The fraction of sp³-hybridized carbons (Fsp3) is 0.125. The summed E-state index contributed by atoms with van der Waals surface area (Å²) in [5.41, 5.74) is 6.56. The molecule has 2 aromatic rings. The summed E-state index contributed by atoms with van der Waals surface area (Å²) in [6.07, 6.45) is 0.113. The van der Waals surface area contributed by atoms with E-state index in [0.717, 1.165) is 10.5 Å². The largest absolute Gasteiger partial charge is 0.369 e. The number of hydrogen-bond donors (Lipinski definition) is 2. The first-order valence-corrected chi connectivity index (χ1v) is 7.47. The number of thioether (sulfide) groups is 1. The van der Waals surface area contributed by atoms with Gasteiger partial charge in [-0.15, -0.1) is 11.8 Å². The van der Waals surface area contributed by atoms with Crippen molar-refractivity contribution in [3.05, 3.63) is 60.2 Å². The van der Waals surface area contributed by atoms with Gasteiger partial charge in [-0.1, -0.05) is 36.4 Å².